The zero-order chi connectivity index (χ0) is 13.4. The third kappa shape index (κ3) is 1.84. The van der Waals surface area contributed by atoms with Gasteiger partial charge in [0.25, 0.3) is 0 Å². The van der Waals surface area contributed by atoms with E-state index in [0.717, 1.165) is 26.2 Å². The largest absolute Gasteiger partial charge is 0.368 e. The van der Waals surface area contributed by atoms with Gasteiger partial charge in [-0.2, -0.15) is 9.78 Å². The van der Waals surface area contributed by atoms with Crippen LogP contribution in [0, 0.1) is 11.3 Å². The number of fused-ring (bicyclic) bond motifs is 1. The predicted molar refractivity (Wildman–Crippen MR) is 69.6 cm³/mol. The van der Waals surface area contributed by atoms with Gasteiger partial charge in [-0.3, -0.25) is 0 Å². The minimum absolute atomic E-state index is 0.238. The number of hydrogen-bond donors (Lipinski definition) is 1. The van der Waals surface area contributed by atoms with Crippen molar-refractivity contribution in [2.75, 3.05) is 43.9 Å². The van der Waals surface area contributed by atoms with Crippen LogP contribution in [0.25, 0.3) is 5.65 Å². The fourth-order valence-corrected chi connectivity index (χ4v) is 2.21. The van der Waals surface area contributed by atoms with Gasteiger partial charge in [-0.05, 0) is 7.05 Å². The molecule has 0 amide bonds. The predicted octanol–water partition coefficient (Wildman–Crippen LogP) is -0.670. The van der Waals surface area contributed by atoms with Gasteiger partial charge in [-0.25, -0.2) is 9.97 Å². The summed E-state index contributed by atoms with van der Waals surface area (Å²) in [5.41, 5.74) is 6.68. The quantitative estimate of drug-likeness (QED) is 0.724. The minimum Gasteiger partial charge on any atom is -0.368 e. The van der Waals surface area contributed by atoms with Crippen LogP contribution >= 0.6 is 0 Å². The van der Waals surface area contributed by atoms with Crippen molar-refractivity contribution in [3.63, 3.8) is 0 Å². The maximum absolute atomic E-state index is 9.34. The average molecular weight is 258 g/mol. The lowest BCUT2D eigenvalue weighted by Gasteiger charge is -2.32. The van der Waals surface area contributed by atoms with E-state index in [0.29, 0.717) is 17.0 Å². The highest BCUT2D eigenvalue weighted by Gasteiger charge is 2.23. The molecule has 1 fully saturated rings. The summed E-state index contributed by atoms with van der Waals surface area (Å²) in [4.78, 5) is 12.3. The van der Waals surface area contributed by atoms with Crippen molar-refractivity contribution in [2.24, 2.45) is 0 Å². The third-order valence-electron chi connectivity index (χ3n) is 3.34. The number of nitrogens with two attached hydrogens (primary N) is 1. The highest BCUT2D eigenvalue weighted by Crippen LogP contribution is 2.23. The summed E-state index contributed by atoms with van der Waals surface area (Å²) in [6, 6.07) is 2.17. The van der Waals surface area contributed by atoms with Crippen LogP contribution in [0.3, 0.4) is 0 Å². The smallest absolute Gasteiger partial charge is 0.224 e. The normalized spacial score (nSPS) is 16.7. The second-order valence-electron chi connectivity index (χ2n) is 4.57. The average Bonchev–Trinajstić information content (AvgIpc) is 2.79. The number of nitrogen functional groups attached to an aromatic ring is 1. The molecule has 1 aliphatic rings. The first-order chi connectivity index (χ1) is 9.20. The van der Waals surface area contributed by atoms with E-state index in [-0.39, 0.29) is 5.95 Å². The number of piperazine rings is 1. The minimum atomic E-state index is 0.238. The molecule has 2 N–H and O–H groups in total. The van der Waals surface area contributed by atoms with Gasteiger partial charge in [0.05, 0.1) is 0 Å². The van der Waals surface area contributed by atoms with Crippen LogP contribution in [0.15, 0.2) is 6.33 Å². The summed E-state index contributed by atoms with van der Waals surface area (Å²) in [6.07, 6.45) is 1.35. The van der Waals surface area contributed by atoms with E-state index < -0.39 is 0 Å². The Morgan fingerprint density at radius 2 is 2.00 bits per heavy atom. The summed E-state index contributed by atoms with van der Waals surface area (Å²) >= 11 is 0. The first kappa shape index (κ1) is 11.7. The first-order valence-electron chi connectivity index (χ1n) is 6.03. The first-order valence-corrected chi connectivity index (χ1v) is 6.03. The Kier molecular flexibility index (Phi) is 2.68. The Balaban J connectivity index is 2.09. The number of aromatic nitrogens is 4. The monoisotopic (exact) mass is 258 g/mol. The van der Waals surface area contributed by atoms with Gasteiger partial charge in [-0.1, -0.05) is 0 Å². The SMILES string of the molecule is CN1CCN(c2nn3c(N)ncnc3c2C#N)CC1. The molecule has 2 aromatic heterocycles. The van der Waals surface area contributed by atoms with E-state index in [4.69, 9.17) is 5.73 Å². The number of nitrogens with zero attached hydrogens (tertiary/aromatic N) is 7. The standard InChI is InChI=1S/C11H14N8/c1-17-2-4-18(5-3-17)10-8(6-12)9-14-7-15-11(13)19(9)16-10/h7H,2-5H2,1H3,(H2,13,14,15). The van der Waals surface area contributed by atoms with Gasteiger partial charge in [0.1, 0.15) is 18.0 Å². The summed E-state index contributed by atoms with van der Waals surface area (Å²) in [5, 5.41) is 13.7. The van der Waals surface area contributed by atoms with Crippen molar-refractivity contribution < 1.29 is 0 Å². The third-order valence-corrected chi connectivity index (χ3v) is 3.34. The van der Waals surface area contributed by atoms with Gasteiger partial charge in [0.15, 0.2) is 11.5 Å². The topological polar surface area (TPSA) is 99.4 Å². The lowest BCUT2D eigenvalue weighted by molar-refractivity contribution is 0.312. The molecule has 0 bridgehead atoms. The van der Waals surface area contributed by atoms with Crippen molar-refractivity contribution in [1.29, 1.82) is 5.26 Å². The van der Waals surface area contributed by atoms with Gasteiger partial charge < -0.3 is 15.5 Å². The molecule has 0 unspecified atom stereocenters. The number of nitriles is 1. The molecular weight excluding hydrogens is 244 g/mol. The highest BCUT2D eigenvalue weighted by atomic mass is 15.4. The number of anilines is 2. The molecule has 0 aromatic carbocycles. The molecule has 0 aliphatic carbocycles. The fourth-order valence-electron chi connectivity index (χ4n) is 2.21. The molecule has 0 atom stereocenters. The Labute approximate surface area is 110 Å². The maximum atomic E-state index is 9.34. The Bertz CT molecular complexity index is 646. The molecule has 3 heterocycles. The lowest BCUT2D eigenvalue weighted by atomic mass is 10.2. The molecule has 0 spiro atoms. The molecule has 8 nitrogen and oxygen atoms in total. The molecule has 1 saturated heterocycles. The second kappa shape index (κ2) is 4.37. The molecule has 3 rings (SSSR count). The summed E-state index contributed by atoms with van der Waals surface area (Å²) in [6.45, 7) is 3.56. The zero-order valence-electron chi connectivity index (χ0n) is 10.6. The number of rotatable bonds is 1. The van der Waals surface area contributed by atoms with E-state index in [1.165, 1.54) is 10.8 Å². The molecule has 2 aromatic rings. The second-order valence-corrected chi connectivity index (χ2v) is 4.57. The van der Waals surface area contributed by atoms with Crippen LogP contribution in [0.2, 0.25) is 0 Å². The molecule has 1 aliphatic heterocycles. The van der Waals surface area contributed by atoms with Crippen molar-refractivity contribution in [3.05, 3.63) is 11.9 Å². The summed E-state index contributed by atoms with van der Waals surface area (Å²) < 4.78 is 1.42. The van der Waals surface area contributed by atoms with Gasteiger partial charge >= 0.3 is 0 Å². The molecule has 98 valence electrons. The fraction of sp³-hybridized carbons (Fsp3) is 0.455. The van der Waals surface area contributed by atoms with Crippen LogP contribution in [0.1, 0.15) is 5.56 Å². The van der Waals surface area contributed by atoms with Crippen LogP contribution in [-0.4, -0.2) is 57.7 Å². The Morgan fingerprint density at radius 3 is 2.68 bits per heavy atom. The van der Waals surface area contributed by atoms with Crippen LogP contribution in [-0.2, 0) is 0 Å². The van der Waals surface area contributed by atoms with E-state index >= 15 is 0 Å². The summed E-state index contributed by atoms with van der Waals surface area (Å²) in [5.74, 6) is 0.879. The zero-order valence-corrected chi connectivity index (χ0v) is 10.6. The van der Waals surface area contributed by atoms with E-state index in [1.54, 1.807) is 0 Å². The van der Waals surface area contributed by atoms with Crippen molar-refractivity contribution >= 4 is 17.4 Å². The van der Waals surface area contributed by atoms with E-state index in [9.17, 15) is 5.26 Å². The molecule has 0 saturated carbocycles. The Morgan fingerprint density at radius 1 is 1.26 bits per heavy atom. The maximum Gasteiger partial charge on any atom is 0.224 e. The van der Waals surface area contributed by atoms with Crippen LogP contribution < -0.4 is 10.6 Å². The number of hydrogen-bond acceptors (Lipinski definition) is 7. The van der Waals surface area contributed by atoms with Crippen LogP contribution in [0.5, 0.6) is 0 Å². The van der Waals surface area contributed by atoms with E-state index in [1.807, 2.05) is 0 Å². The molecule has 0 radical (unpaired) electrons. The van der Waals surface area contributed by atoms with Gasteiger partial charge in [-0.15, -0.1) is 5.10 Å². The van der Waals surface area contributed by atoms with Crippen molar-refractivity contribution in [2.45, 2.75) is 0 Å². The molecule has 19 heavy (non-hydrogen) atoms. The number of likely N-dealkylation sites (N-methyl/N-ethyl adjacent to an activating group) is 1. The van der Waals surface area contributed by atoms with Gasteiger partial charge in [0.2, 0.25) is 5.95 Å². The Hall–Kier alpha value is -2.40. The van der Waals surface area contributed by atoms with E-state index in [2.05, 4.69) is 38.0 Å². The molecular formula is C11H14N8. The molecule has 8 heteroatoms. The van der Waals surface area contributed by atoms with Crippen molar-refractivity contribution in [1.82, 2.24) is 24.5 Å². The summed E-state index contributed by atoms with van der Waals surface area (Å²) in [7, 11) is 2.08. The van der Waals surface area contributed by atoms with Crippen LogP contribution in [0.4, 0.5) is 11.8 Å². The highest BCUT2D eigenvalue weighted by molar-refractivity contribution is 5.69. The van der Waals surface area contributed by atoms with Crippen molar-refractivity contribution in [3.8, 4) is 6.07 Å². The van der Waals surface area contributed by atoms with Gasteiger partial charge in [0, 0.05) is 26.2 Å². The lowest BCUT2D eigenvalue weighted by Crippen LogP contribution is -2.44.